The number of hydrogen-bond acceptors (Lipinski definition) is 3. The van der Waals surface area contributed by atoms with E-state index < -0.39 is 0 Å². The fourth-order valence-corrected chi connectivity index (χ4v) is 2.52. The second-order valence-electron chi connectivity index (χ2n) is 5.62. The number of rotatable bonds is 7. The molecular weight excluding hydrogens is 328 g/mol. The maximum atomic E-state index is 12.6. The van der Waals surface area contributed by atoms with Crippen LogP contribution in [-0.2, 0) is 4.79 Å². The molecule has 1 N–H and O–H groups in total. The Morgan fingerprint density at radius 1 is 1.04 bits per heavy atom. The van der Waals surface area contributed by atoms with Gasteiger partial charge in [-0.05, 0) is 49.8 Å². The molecule has 0 unspecified atom stereocenters. The van der Waals surface area contributed by atoms with E-state index in [9.17, 15) is 9.59 Å². The summed E-state index contributed by atoms with van der Waals surface area (Å²) in [4.78, 5) is 26.6. The Bertz CT molecular complexity index is 778. The number of benzene rings is 2. The van der Waals surface area contributed by atoms with Gasteiger partial charge in [0.25, 0.3) is 5.91 Å². The Balaban J connectivity index is 2.11. The molecule has 0 bridgehead atoms. The molecule has 0 radical (unpaired) electrons. The molecule has 0 atom stereocenters. The van der Waals surface area contributed by atoms with Crippen LogP contribution in [0.4, 0.5) is 5.69 Å². The van der Waals surface area contributed by atoms with Crippen molar-refractivity contribution in [2.45, 2.75) is 13.8 Å². The normalized spacial score (nSPS) is 10.6. The minimum Gasteiger partial charge on any atom is -0.497 e. The summed E-state index contributed by atoms with van der Waals surface area (Å²) in [7, 11) is 1.61. The van der Waals surface area contributed by atoms with Crippen molar-refractivity contribution in [2.24, 2.45) is 0 Å². The molecule has 5 heteroatoms. The van der Waals surface area contributed by atoms with Gasteiger partial charge in [-0.2, -0.15) is 0 Å². The minimum absolute atomic E-state index is 0.0926. The number of anilines is 1. The first-order valence-corrected chi connectivity index (χ1v) is 8.60. The van der Waals surface area contributed by atoms with Gasteiger partial charge in [0.2, 0.25) is 5.91 Å². The highest BCUT2D eigenvalue weighted by Crippen LogP contribution is 2.18. The van der Waals surface area contributed by atoms with Crippen LogP contribution in [0.1, 0.15) is 29.8 Å². The van der Waals surface area contributed by atoms with E-state index >= 15 is 0 Å². The Labute approximate surface area is 154 Å². The summed E-state index contributed by atoms with van der Waals surface area (Å²) in [6.45, 7) is 5.10. The first kappa shape index (κ1) is 19.2. The summed E-state index contributed by atoms with van der Waals surface area (Å²) in [5.74, 6) is 0.376. The van der Waals surface area contributed by atoms with Crippen LogP contribution >= 0.6 is 0 Å². The van der Waals surface area contributed by atoms with Gasteiger partial charge in [-0.1, -0.05) is 24.3 Å². The van der Waals surface area contributed by atoms with Gasteiger partial charge in [0.15, 0.2) is 0 Å². The predicted molar refractivity (Wildman–Crippen MR) is 104 cm³/mol. The Kier molecular flexibility index (Phi) is 6.97. The average Bonchev–Trinajstić information content (AvgIpc) is 2.68. The summed E-state index contributed by atoms with van der Waals surface area (Å²) >= 11 is 0. The fourth-order valence-electron chi connectivity index (χ4n) is 2.52. The molecular formula is C21H24N2O3. The molecule has 0 fully saturated rings. The van der Waals surface area contributed by atoms with Crippen LogP contribution in [0.2, 0.25) is 0 Å². The van der Waals surface area contributed by atoms with Gasteiger partial charge in [0.05, 0.1) is 18.4 Å². The zero-order chi connectivity index (χ0) is 18.9. The van der Waals surface area contributed by atoms with E-state index in [1.54, 1.807) is 42.4 Å². The minimum atomic E-state index is -0.291. The molecule has 2 amide bonds. The van der Waals surface area contributed by atoms with Crippen LogP contribution in [-0.4, -0.2) is 36.9 Å². The van der Waals surface area contributed by atoms with E-state index in [1.807, 2.05) is 38.1 Å². The van der Waals surface area contributed by atoms with Crippen molar-refractivity contribution in [3.8, 4) is 5.75 Å². The number of hydrogen-bond donors (Lipinski definition) is 1. The molecule has 5 nitrogen and oxygen atoms in total. The summed E-state index contributed by atoms with van der Waals surface area (Å²) < 4.78 is 5.11. The van der Waals surface area contributed by atoms with E-state index in [0.29, 0.717) is 24.3 Å². The lowest BCUT2D eigenvalue weighted by atomic mass is 10.1. The number of carbonyl (C=O) groups excluding carboxylic acids is 2. The summed E-state index contributed by atoms with van der Waals surface area (Å²) in [5, 5.41) is 2.79. The topological polar surface area (TPSA) is 58.6 Å². The van der Waals surface area contributed by atoms with Crippen molar-refractivity contribution in [3.63, 3.8) is 0 Å². The maximum Gasteiger partial charge on any atom is 0.255 e. The van der Waals surface area contributed by atoms with Crippen LogP contribution in [0.15, 0.2) is 54.6 Å². The molecule has 2 aromatic carbocycles. The van der Waals surface area contributed by atoms with Gasteiger partial charge < -0.3 is 15.0 Å². The molecule has 0 spiro atoms. The molecule has 26 heavy (non-hydrogen) atoms. The van der Waals surface area contributed by atoms with E-state index in [2.05, 4.69) is 5.32 Å². The largest absolute Gasteiger partial charge is 0.497 e. The van der Waals surface area contributed by atoms with E-state index in [1.165, 1.54) is 6.08 Å². The van der Waals surface area contributed by atoms with Crippen LogP contribution in [0.25, 0.3) is 6.08 Å². The van der Waals surface area contributed by atoms with Crippen molar-refractivity contribution >= 4 is 23.6 Å². The molecule has 0 heterocycles. The average molecular weight is 352 g/mol. The fraction of sp³-hybridized carbons (Fsp3) is 0.238. The lowest BCUT2D eigenvalue weighted by molar-refractivity contribution is -0.111. The molecule has 136 valence electrons. The highest BCUT2D eigenvalue weighted by atomic mass is 16.5. The third-order valence-corrected chi connectivity index (χ3v) is 4.01. The second-order valence-corrected chi connectivity index (χ2v) is 5.62. The van der Waals surface area contributed by atoms with Crippen molar-refractivity contribution in [3.05, 3.63) is 65.7 Å². The number of para-hydroxylation sites is 1. The van der Waals surface area contributed by atoms with Gasteiger partial charge >= 0.3 is 0 Å². The number of methoxy groups -OCH3 is 1. The third kappa shape index (κ3) is 4.96. The second kappa shape index (κ2) is 9.42. The summed E-state index contributed by atoms with van der Waals surface area (Å²) in [5.41, 5.74) is 1.88. The number of ether oxygens (including phenoxy) is 1. The summed E-state index contributed by atoms with van der Waals surface area (Å²) in [6.07, 6.45) is 3.16. The SMILES string of the molecule is CCN(CC)C(=O)c1ccccc1NC(=O)/C=C/c1ccc(OC)cc1. The molecule has 0 aliphatic rings. The molecule has 0 aliphatic heterocycles. The third-order valence-electron chi connectivity index (χ3n) is 4.01. The van der Waals surface area contributed by atoms with Gasteiger partial charge in [-0.3, -0.25) is 9.59 Å². The first-order valence-electron chi connectivity index (χ1n) is 8.60. The smallest absolute Gasteiger partial charge is 0.255 e. The van der Waals surface area contributed by atoms with Gasteiger partial charge in [-0.15, -0.1) is 0 Å². The van der Waals surface area contributed by atoms with Gasteiger partial charge in [0.1, 0.15) is 5.75 Å². The lowest BCUT2D eigenvalue weighted by Gasteiger charge is -2.20. The Hall–Kier alpha value is -3.08. The molecule has 0 aliphatic carbocycles. The molecule has 0 saturated heterocycles. The Morgan fingerprint density at radius 3 is 2.31 bits per heavy atom. The van der Waals surface area contributed by atoms with Crippen molar-refractivity contribution in [1.29, 1.82) is 0 Å². The van der Waals surface area contributed by atoms with Gasteiger partial charge in [0, 0.05) is 19.2 Å². The van der Waals surface area contributed by atoms with Gasteiger partial charge in [-0.25, -0.2) is 0 Å². The predicted octanol–water partition coefficient (Wildman–Crippen LogP) is 3.83. The first-order chi connectivity index (χ1) is 12.6. The standard InChI is InChI=1S/C21H24N2O3/c1-4-23(5-2)21(25)18-8-6-7-9-19(18)22-20(24)15-12-16-10-13-17(26-3)14-11-16/h6-15H,4-5H2,1-3H3,(H,22,24)/b15-12+. The monoisotopic (exact) mass is 352 g/mol. The Morgan fingerprint density at radius 2 is 1.69 bits per heavy atom. The highest BCUT2D eigenvalue weighted by Gasteiger charge is 2.16. The van der Waals surface area contributed by atoms with Crippen molar-refractivity contribution < 1.29 is 14.3 Å². The zero-order valence-electron chi connectivity index (χ0n) is 15.4. The molecule has 2 rings (SSSR count). The zero-order valence-corrected chi connectivity index (χ0v) is 15.4. The maximum absolute atomic E-state index is 12.6. The number of carbonyl (C=O) groups is 2. The molecule has 2 aromatic rings. The number of nitrogens with one attached hydrogen (secondary N) is 1. The molecule has 0 aromatic heterocycles. The van der Waals surface area contributed by atoms with Crippen LogP contribution < -0.4 is 10.1 Å². The van der Waals surface area contributed by atoms with Crippen molar-refractivity contribution in [1.82, 2.24) is 4.90 Å². The quantitative estimate of drug-likeness (QED) is 0.771. The van der Waals surface area contributed by atoms with E-state index in [-0.39, 0.29) is 11.8 Å². The number of amides is 2. The number of nitrogens with zero attached hydrogens (tertiary/aromatic N) is 1. The highest BCUT2D eigenvalue weighted by molar-refractivity contribution is 6.07. The van der Waals surface area contributed by atoms with E-state index in [0.717, 1.165) is 11.3 Å². The summed E-state index contributed by atoms with van der Waals surface area (Å²) in [6, 6.07) is 14.4. The van der Waals surface area contributed by atoms with Crippen LogP contribution in [0, 0.1) is 0 Å². The van der Waals surface area contributed by atoms with E-state index in [4.69, 9.17) is 4.74 Å². The van der Waals surface area contributed by atoms with Crippen LogP contribution in [0.3, 0.4) is 0 Å². The lowest BCUT2D eigenvalue weighted by Crippen LogP contribution is -2.31. The van der Waals surface area contributed by atoms with Crippen LogP contribution in [0.5, 0.6) is 5.75 Å². The van der Waals surface area contributed by atoms with Crippen molar-refractivity contribution in [2.75, 3.05) is 25.5 Å². The molecule has 0 saturated carbocycles.